The molecule has 1 N–H and O–H groups in total. The van der Waals surface area contributed by atoms with Crippen molar-refractivity contribution in [3.63, 3.8) is 0 Å². The average Bonchev–Trinajstić information content (AvgIpc) is 3.12. The van der Waals surface area contributed by atoms with Crippen molar-refractivity contribution in [1.82, 2.24) is 20.1 Å². The molecule has 0 atom stereocenters. The van der Waals surface area contributed by atoms with Gasteiger partial charge in [-0.1, -0.05) is 6.07 Å². The Hall–Kier alpha value is -3.22. The molecule has 0 unspecified atom stereocenters. The van der Waals surface area contributed by atoms with Crippen LogP contribution in [0.25, 0.3) is 11.5 Å². The Kier molecular flexibility index (Phi) is 4.81. The van der Waals surface area contributed by atoms with Gasteiger partial charge in [0.05, 0.1) is 6.26 Å². The molecule has 1 amide bonds. The SMILES string of the molecule is O=C(Cn1nc(-c2ccco2)ccc1=O)NCCc1ccccn1. The summed E-state index contributed by atoms with van der Waals surface area (Å²) < 4.78 is 6.37. The normalized spacial score (nSPS) is 10.5. The van der Waals surface area contributed by atoms with Crippen LogP contribution in [-0.2, 0) is 17.8 Å². The summed E-state index contributed by atoms with van der Waals surface area (Å²) in [6, 6.07) is 12.0. The van der Waals surface area contributed by atoms with Crippen LogP contribution in [0, 0.1) is 0 Å². The molecule has 0 spiro atoms. The Morgan fingerprint density at radius 3 is 2.83 bits per heavy atom. The van der Waals surface area contributed by atoms with Crippen LogP contribution in [0.4, 0.5) is 0 Å². The first-order chi connectivity index (χ1) is 11.7. The minimum absolute atomic E-state index is 0.143. The highest BCUT2D eigenvalue weighted by Gasteiger charge is 2.09. The van der Waals surface area contributed by atoms with E-state index in [4.69, 9.17) is 4.42 Å². The lowest BCUT2D eigenvalue weighted by Gasteiger charge is -2.07. The summed E-state index contributed by atoms with van der Waals surface area (Å²) in [7, 11) is 0. The zero-order chi connectivity index (χ0) is 16.8. The number of amides is 1. The first kappa shape index (κ1) is 15.7. The van der Waals surface area contributed by atoms with Gasteiger partial charge >= 0.3 is 0 Å². The van der Waals surface area contributed by atoms with E-state index in [2.05, 4.69) is 15.4 Å². The summed E-state index contributed by atoms with van der Waals surface area (Å²) in [4.78, 5) is 28.0. The molecule has 0 radical (unpaired) electrons. The van der Waals surface area contributed by atoms with Crippen LogP contribution in [0.2, 0.25) is 0 Å². The molecule has 7 nitrogen and oxygen atoms in total. The molecule has 0 aliphatic rings. The maximum atomic E-state index is 12.0. The Bertz CT molecular complexity index is 857. The second kappa shape index (κ2) is 7.36. The largest absolute Gasteiger partial charge is 0.463 e. The second-order valence-corrected chi connectivity index (χ2v) is 5.11. The maximum Gasteiger partial charge on any atom is 0.267 e. The number of hydrogen-bond acceptors (Lipinski definition) is 5. The molecule has 0 fully saturated rings. The predicted octanol–water partition coefficient (Wildman–Crippen LogP) is 1.26. The van der Waals surface area contributed by atoms with Crippen molar-refractivity contribution in [2.45, 2.75) is 13.0 Å². The van der Waals surface area contributed by atoms with Gasteiger partial charge in [-0.15, -0.1) is 0 Å². The quantitative estimate of drug-likeness (QED) is 0.737. The Labute approximate surface area is 138 Å². The van der Waals surface area contributed by atoms with E-state index in [1.54, 1.807) is 24.4 Å². The highest BCUT2D eigenvalue weighted by Crippen LogP contribution is 2.14. The third-order valence-electron chi connectivity index (χ3n) is 3.36. The van der Waals surface area contributed by atoms with Crippen molar-refractivity contribution < 1.29 is 9.21 Å². The average molecular weight is 324 g/mol. The van der Waals surface area contributed by atoms with Gasteiger partial charge in [0.15, 0.2) is 5.76 Å². The van der Waals surface area contributed by atoms with Crippen LogP contribution in [0.3, 0.4) is 0 Å². The number of nitrogens with one attached hydrogen (secondary N) is 1. The van der Waals surface area contributed by atoms with Crippen LogP contribution < -0.4 is 10.9 Å². The summed E-state index contributed by atoms with van der Waals surface area (Å²) in [6.45, 7) is 0.304. The molecule has 0 aromatic carbocycles. The molecule has 0 aliphatic heterocycles. The molecule has 3 heterocycles. The third-order valence-corrected chi connectivity index (χ3v) is 3.36. The number of hydrogen-bond donors (Lipinski definition) is 1. The lowest BCUT2D eigenvalue weighted by molar-refractivity contribution is -0.121. The van der Waals surface area contributed by atoms with Gasteiger partial charge in [0.2, 0.25) is 5.91 Å². The van der Waals surface area contributed by atoms with Gasteiger partial charge in [-0.05, 0) is 30.3 Å². The van der Waals surface area contributed by atoms with Crippen LogP contribution in [-0.4, -0.2) is 27.2 Å². The number of aromatic nitrogens is 3. The van der Waals surface area contributed by atoms with Crippen molar-refractivity contribution in [1.29, 1.82) is 0 Å². The maximum absolute atomic E-state index is 12.0. The third kappa shape index (κ3) is 3.95. The van der Waals surface area contributed by atoms with Crippen molar-refractivity contribution in [2.24, 2.45) is 0 Å². The summed E-state index contributed by atoms with van der Waals surface area (Å²) in [5.74, 6) is 0.261. The van der Waals surface area contributed by atoms with E-state index in [-0.39, 0.29) is 18.0 Å². The molecule has 0 saturated carbocycles. The van der Waals surface area contributed by atoms with E-state index in [1.165, 1.54) is 12.3 Å². The number of pyridine rings is 1. The number of carbonyl (C=O) groups excluding carboxylic acids is 1. The molecule has 0 bridgehead atoms. The molecule has 122 valence electrons. The molecule has 3 rings (SSSR count). The van der Waals surface area contributed by atoms with E-state index in [0.29, 0.717) is 24.4 Å². The highest BCUT2D eigenvalue weighted by molar-refractivity contribution is 5.75. The van der Waals surface area contributed by atoms with Crippen LogP contribution in [0.15, 0.2) is 64.1 Å². The number of furan rings is 1. The summed E-state index contributed by atoms with van der Waals surface area (Å²) in [6.07, 6.45) is 3.86. The zero-order valence-electron chi connectivity index (χ0n) is 12.9. The molecular formula is C17H16N4O3. The molecule has 7 heteroatoms. The minimum Gasteiger partial charge on any atom is -0.463 e. The molecule has 24 heavy (non-hydrogen) atoms. The molecule has 0 saturated heterocycles. The number of carbonyl (C=O) groups is 1. The van der Waals surface area contributed by atoms with Gasteiger partial charge in [0, 0.05) is 30.9 Å². The first-order valence-corrected chi connectivity index (χ1v) is 7.51. The van der Waals surface area contributed by atoms with E-state index in [1.807, 2.05) is 18.2 Å². The topological polar surface area (TPSA) is 90.0 Å². The highest BCUT2D eigenvalue weighted by atomic mass is 16.3. The van der Waals surface area contributed by atoms with E-state index >= 15 is 0 Å². The second-order valence-electron chi connectivity index (χ2n) is 5.11. The fourth-order valence-corrected chi connectivity index (χ4v) is 2.19. The lowest BCUT2D eigenvalue weighted by Crippen LogP contribution is -2.34. The van der Waals surface area contributed by atoms with Crippen molar-refractivity contribution in [2.75, 3.05) is 6.54 Å². The lowest BCUT2D eigenvalue weighted by atomic mass is 10.3. The van der Waals surface area contributed by atoms with Gasteiger partial charge in [-0.2, -0.15) is 5.10 Å². The van der Waals surface area contributed by atoms with Crippen LogP contribution in [0.1, 0.15) is 5.69 Å². The van der Waals surface area contributed by atoms with Crippen molar-refractivity contribution >= 4 is 5.91 Å². The van der Waals surface area contributed by atoms with E-state index in [0.717, 1.165) is 10.4 Å². The van der Waals surface area contributed by atoms with Gasteiger partial charge in [-0.3, -0.25) is 14.6 Å². The fourth-order valence-electron chi connectivity index (χ4n) is 2.19. The molecule has 3 aromatic heterocycles. The van der Waals surface area contributed by atoms with Gasteiger partial charge in [0.1, 0.15) is 12.2 Å². The van der Waals surface area contributed by atoms with Crippen molar-refractivity contribution in [3.8, 4) is 11.5 Å². The summed E-state index contributed by atoms with van der Waals surface area (Å²) in [5.41, 5.74) is 1.05. The summed E-state index contributed by atoms with van der Waals surface area (Å²) >= 11 is 0. The van der Waals surface area contributed by atoms with Gasteiger partial charge < -0.3 is 9.73 Å². The fraction of sp³-hybridized carbons (Fsp3) is 0.176. The first-order valence-electron chi connectivity index (χ1n) is 7.51. The van der Waals surface area contributed by atoms with E-state index in [9.17, 15) is 9.59 Å². The molecular weight excluding hydrogens is 308 g/mol. The predicted molar refractivity (Wildman–Crippen MR) is 87.1 cm³/mol. The monoisotopic (exact) mass is 324 g/mol. The van der Waals surface area contributed by atoms with Gasteiger partial charge in [0.25, 0.3) is 5.56 Å². The number of nitrogens with zero attached hydrogens (tertiary/aromatic N) is 3. The van der Waals surface area contributed by atoms with Gasteiger partial charge in [-0.25, -0.2) is 4.68 Å². The smallest absolute Gasteiger partial charge is 0.267 e. The van der Waals surface area contributed by atoms with Crippen LogP contribution in [0.5, 0.6) is 0 Å². The Morgan fingerprint density at radius 1 is 1.17 bits per heavy atom. The van der Waals surface area contributed by atoms with Crippen LogP contribution >= 0.6 is 0 Å². The standard InChI is InChI=1S/C17H16N4O3/c22-16(19-10-8-13-4-1-2-9-18-13)12-21-17(23)7-6-14(20-21)15-5-3-11-24-15/h1-7,9,11H,8,10,12H2,(H,19,22). The van der Waals surface area contributed by atoms with Crippen molar-refractivity contribution in [3.05, 3.63) is 71.0 Å². The Morgan fingerprint density at radius 2 is 2.08 bits per heavy atom. The molecule has 0 aliphatic carbocycles. The minimum atomic E-state index is -0.342. The summed E-state index contributed by atoms with van der Waals surface area (Å²) in [5, 5.41) is 6.92. The Balaban J connectivity index is 1.60. The molecule has 3 aromatic rings. The zero-order valence-corrected chi connectivity index (χ0v) is 12.9. The van der Waals surface area contributed by atoms with E-state index < -0.39 is 0 Å². The number of rotatable bonds is 6.